The number of hydrogen-bond acceptors (Lipinski definition) is 7. The maximum Gasteiger partial charge on any atom is 0.363 e. The second-order valence-corrected chi connectivity index (χ2v) is 8.11. The summed E-state index contributed by atoms with van der Waals surface area (Å²) in [6.07, 6.45) is 1.61. The summed E-state index contributed by atoms with van der Waals surface area (Å²) in [5, 5.41) is 2.75. The molecule has 184 valence electrons. The van der Waals surface area contributed by atoms with Crippen LogP contribution in [0.4, 0.5) is 5.69 Å². The van der Waals surface area contributed by atoms with Crippen LogP contribution in [0.5, 0.6) is 17.2 Å². The van der Waals surface area contributed by atoms with E-state index in [-0.39, 0.29) is 24.1 Å². The maximum atomic E-state index is 12.4. The number of aryl methyl sites for hydroxylation is 2. The van der Waals surface area contributed by atoms with Crippen LogP contribution in [0.3, 0.4) is 0 Å². The van der Waals surface area contributed by atoms with Crippen LogP contribution in [0.15, 0.2) is 71.4 Å². The van der Waals surface area contributed by atoms with Gasteiger partial charge in [-0.1, -0.05) is 12.1 Å². The Morgan fingerprint density at radius 1 is 0.944 bits per heavy atom. The minimum absolute atomic E-state index is 0.179. The van der Waals surface area contributed by atoms with Crippen molar-refractivity contribution in [2.24, 2.45) is 4.99 Å². The Morgan fingerprint density at radius 2 is 1.72 bits per heavy atom. The first-order valence-electron chi connectivity index (χ1n) is 11.2. The number of methoxy groups -OCH3 is 2. The van der Waals surface area contributed by atoms with Gasteiger partial charge in [-0.05, 0) is 85.1 Å². The largest absolute Gasteiger partial charge is 0.497 e. The topological polar surface area (TPSA) is 95.5 Å². The normalized spacial score (nSPS) is 13.7. The smallest absolute Gasteiger partial charge is 0.363 e. The van der Waals surface area contributed by atoms with E-state index in [9.17, 15) is 9.59 Å². The summed E-state index contributed by atoms with van der Waals surface area (Å²) < 4.78 is 21.5. The number of amides is 1. The lowest BCUT2D eigenvalue weighted by atomic mass is 10.1. The molecule has 8 heteroatoms. The number of hydrogen-bond donors (Lipinski definition) is 1. The average Bonchev–Trinajstić information content (AvgIpc) is 3.25. The Labute approximate surface area is 209 Å². The lowest BCUT2D eigenvalue weighted by Gasteiger charge is -2.12. The van der Waals surface area contributed by atoms with E-state index in [1.54, 1.807) is 55.7 Å². The predicted molar refractivity (Wildman–Crippen MR) is 137 cm³/mol. The van der Waals surface area contributed by atoms with Gasteiger partial charge in [-0.15, -0.1) is 0 Å². The number of carbonyl (C=O) groups is 2. The number of nitrogens with zero attached hydrogens (tertiary/aromatic N) is 1. The van der Waals surface area contributed by atoms with Gasteiger partial charge >= 0.3 is 5.97 Å². The molecule has 1 amide bonds. The molecule has 0 spiro atoms. The zero-order valence-corrected chi connectivity index (χ0v) is 20.5. The molecule has 0 unspecified atom stereocenters. The van der Waals surface area contributed by atoms with E-state index in [1.165, 1.54) is 7.11 Å². The van der Waals surface area contributed by atoms with Crippen molar-refractivity contribution in [3.63, 3.8) is 0 Å². The number of rotatable bonds is 8. The third-order valence-electron chi connectivity index (χ3n) is 5.60. The lowest BCUT2D eigenvalue weighted by molar-refractivity contribution is -0.130. The lowest BCUT2D eigenvalue weighted by Crippen LogP contribution is -2.20. The number of benzene rings is 3. The molecule has 0 saturated carbocycles. The van der Waals surface area contributed by atoms with Crippen molar-refractivity contribution in [3.8, 4) is 17.2 Å². The molecule has 0 saturated heterocycles. The molecule has 0 atom stereocenters. The van der Waals surface area contributed by atoms with Crippen LogP contribution in [-0.4, -0.2) is 38.6 Å². The van der Waals surface area contributed by atoms with Crippen LogP contribution in [-0.2, 0) is 14.3 Å². The molecule has 36 heavy (non-hydrogen) atoms. The second kappa shape index (κ2) is 10.8. The highest BCUT2D eigenvalue weighted by molar-refractivity contribution is 6.13. The van der Waals surface area contributed by atoms with E-state index in [1.807, 2.05) is 32.0 Å². The van der Waals surface area contributed by atoms with Gasteiger partial charge < -0.3 is 24.3 Å². The SMILES string of the molecule is COc1ccc(NC(=O)COc2ccc(/C=C3\N=C(c4ccc(C)c(C)c4)OC3=O)cc2OC)cc1. The first-order valence-corrected chi connectivity index (χ1v) is 11.2. The highest BCUT2D eigenvalue weighted by Crippen LogP contribution is 2.30. The fourth-order valence-electron chi connectivity index (χ4n) is 3.47. The summed E-state index contributed by atoms with van der Waals surface area (Å²) >= 11 is 0. The molecule has 4 rings (SSSR count). The van der Waals surface area contributed by atoms with Crippen molar-refractivity contribution in [2.75, 3.05) is 26.1 Å². The van der Waals surface area contributed by atoms with Crippen molar-refractivity contribution in [1.82, 2.24) is 0 Å². The van der Waals surface area contributed by atoms with E-state index >= 15 is 0 Å². The molecule has 1 aliphatic rings. The van der Waals surface area contributed by atoms with Gasteiger partial charge in [0.2, 0.25) is 5.90 Å². The third kappa shape index (κ3) is 5.72. The number of ether oxygens (including phenoxy) is 4. The third-order valence-corrected chi connectivity index (χ3v) is 5.60. The van der Waals surface area contributed by atoms with Crippen LogP contribution < -0.4 is 19.5 Å². The molecule has 0 fully saturated rings. The van der Waals surface area contributed by atoms with Crippen LogP contribution in [0.2, 0.25) is 0 Å². The highest BCUT2D eigenvalue weighted by atomic mass is 16.6. The summed E-state index contributed by atoms with van der Waals surface area (Å²) in [5.74, 6) is 0.906. The summed E-state index contributed by atoms with van der Waals surface area (Å²) in [6.45, 7) is 3.80. The molecule has 8 nitrogen and oxygen atoms in total. The summed E-state index contributed by atoms with van der Waals surface area (Å²) in [7, 11) is 3.07. The molecule has 0 bridgehead atoms. The zero-order valence-electron chi connectivity index (χ0n) is 20.5. The van der Waals surface area contributed by atoms with Crippen LogP contribution in [0.25, 0.3) is 6.08 Å². The predicted octanol–water partition coefficient (Wildman–Crippen LogP) is 4.68. The van der Waals surface area contributed by atoms with Gasteiger partial charge in [0.15, 0.2) is 23.8 Å². The number of esters is 1. The Hall–Kier alpha value is -4.59. The Balaban J connectivity index is 1.44. The molecular formula is C28H26N2O6. The molecule has 0 radical (unpaired) electrons. The second-order valence-electron chi connectivity index (χ2n) is 8.11. The Kier molecular flexibility index (Phi) is 7.34. The molecule has 3 aromatic carbocycles. The zero-order chi connectivity index (χ0) is 25.7. The quantitative estimate of drug-likeness (QED) is 0.367. The number of nitrogens with one attached hydrogen (secondary N) is 1. The Morgan fingerprint density at radius 3 is 2.42 bits per heavy atom. The number of cyclic esters (lactones) is 1. The van der Waals surface area contributed by atoms with Gasteiger partial charge in [0.05, 0.1) is 14.2 Å². The Bertz CT molecular complexity index is 1360. The maximum absolute atomic E-state index is 12.4. The summed E-state index contributed by atoms with van der Waals surface area (Å²) in [6, 6.07) is 17.8. The number of anilines is 1. The van der Waals surface area contributed by atoms with E-state index in [0.29, 0.717) is 28.5 Å². The van der Waals surface area contributed by atoms with E-state index in [2.05, 4.69) is 10.3 Å². The van der Waals surface area contributed by atoms with Gasteiger partial charge in [0.25, 0.3) is 5.91 Å². The number of carbonyl (C=O) groups excluding carboxylic acids is 2. The monoisotopic (exact) mass is 486 g/mol. The fourth-order valence-corrected chi connectivity index (χ4v) is 3.47. The van der Waals surface area contributed by atoms with Crippen molar-refractivity contribution < 1.29 is 28.5 Å². The molecule has 1 heterocycles. The van der Waals surface area contributed by atoms with Gasteiger partial charge in [0.1, 0.15) is 5.75 Å². The molecule has 1 N–H and O–H groups in total. The molecular weight excluding hydrogens is 460 g/mol. The summed E-state index contributed by atoms with van der Waals surface area (Å²) in [5.41, 5.74) is 4.44. The van der Waals surface area contributed by atoms with Crippen LogP contribution >= 0.6 is 0 Å². The molecule has 1 aliphatic heterocycles. The van der Waals surface area contributed by atoms with Gasteiger partial charge in [-0.3, -0.25) is 4.79 Å². The standard InChI is InChI=1S/C28H26N2O6/c1-17-5-7-20(13-18(17)2)27-30-23(28(32)36-27)14-19-6-12-24(25(15-19)34-4)35-16-26(31)29-21-8-10-22(33-3)11-9-21/h5-15H,16H2,1-4H3,(H,29,31)/b23-14-. The van der Waals surface area contributed by atoms with E-state index in [4.69, 9.17) is 18.9 Å². The van der Waals surface area contributed by atoms with Crippen molar-refractivity contribution in [3.05, 3.63) is 88.6 Å². The first-order chi connectivity index (χ1) is 17.4. The minimum Gasteiger partial charge on any atom is -0.497 e. The minimum atomic E-state index is -0.530. The summed E-state index contributed by atoms with van der Waals surface area (Å²) in [4.78, 5) is 29.0. The highest BCUT2D eigenvalue weighted by Gasteiger charge is 2.24. The van der Waals surface area contributed by atoms with Crippen molar-refractivity contribution in [2.45, 2.75) is 13.8 Å². The van der Waals surface area contributed by atoms with Crippen molar-refractivity contribution >= 4 is 29.5 Å². The van der Waals surface area contributed by atoms with Gasteiger partial charge in [0, 0.05) is 11.3 Å². The molecule has 3 aromatic rings. The molecule has 0 aliphatic carbocycles. The van der Waals surface area contributed by atoms with E-state index in [0.717, 1.165) is 16.7 Å². The average molecular weight is 487 g/mol. The van der Waals surface area contributed by atoms with Crippen LogP contribution in [0, 0.1) is 13.8 Å². The fraction of sp³-hybridized carbons (Fsp3) is 0.179. The molecule has 0 aromatic heterocycles. The van der Waals surface area contributed by atoms with Gasteiger partial charge in [-0.2, -0.15) is 0 Å². The van der Waals surface area contributed by atoms with Crippen molar-refractivity contribution in [1.29, 1.82) is 0 Å². The first kappa shape index (κ1) is 24.5. The van der Waals surface area contributed by atoms with E-state index < -0.39 is 5.97 Å². The number of aliphatic imine (C=N–C) groups is 1. The van der Waals surface area contributed by atoms with Gasteiger partial charge in [-0.25, -0.2) is 9.79 Å². The van der Waals surface area contributed by atoms with Crippen LogP contribution in [0.1, 0.15) is 22.3 Å².